The molecule has 1 amide bonds. The topological polar surface area (TPSA) is 70.7 Å². The second kappa shape index (κ2) is 5.54. The summed E-state index contributed by atoms with van der Waals surface area (Å²) >= 11 is 0. The summed E-state index contributed by atoms with van der Waals surface area (Å²) in [5.74, 6) is 0.0117. The van der Waals surface area contributed by atoms with E-state index in [9.17, 15) is 9.18 Å². The van der Waals surface area contributed by atoms with Gasteiger partial charge in [-0.3, -0.25) is 15.2 Å². The number of nitrogens with one attached hydrogen (secondary N) is 2. The highest BCUT2D eigenvalue weighted by molar-refractivity contribution is 6.03. The summed E-state index contributed by atoms with van der Waals surface area (Å²) < 4.78 is 12.9. The van der Waals surface area contributed by atoms with Crippen LogP contribution in [0.15, 0.2) is 54.6 Å². The summed E-state index contributed by atoms with van der Waals surface area (Å²) in [6.45, 7) is 0. The first-order chi connectivity index (χ1) is 10.2. The number of aromatic amines is 1. The lowest BCUT2D eigenvalue weighted by molar-refractivity contribution is 0.102. The number of rotatable bonds is 3. The maximum atomic E-state index is 12.9. The van der Waals surface area contributed by atoms with Gasteiger partial charge in [-0.2, -0.15) is 4.98 Å². The zero-order valence-corrected chi connectivity index (χ0v) is 10.9. The minimum Gasteiger partial charge on any atom is -0.289 e. The Labute approximate surface area is 119 Å². The van der Waals surface area contributed by atoms with Crippen LogP contribution in [0.5, 0.6) is 0 Å². The quantitative estimate of drug-likeness (QED) is 0.776. The van der Waals surface area contributed by atoms with Gasteiger partial charge in [0.2, 0.25) is 5.95 Å². The van der Waals surface area contributed by atoms with Crippen molar-refractivity contribution in [3.05, 3.63) is 66.0 Å². The van der Waals surface area contributed by atoms with Gasteiger partial charge in [-0.15, -0.1) is 5.10 Å². The number of nitrogens with zero attached hydrogens (tertiary/aromatic N) is 2. The third-order valence-corrected chi connectivity index (χ3v) is 2.86. The summed E-state index contributed by atoms with van der Waals surface area (Å²) in [6, 6.07) is 14.6. The van der Waals surface area contributed by atoms with Gasteiger partial charge >= 0.3 is 0 Å². The van der Waals surface area contributed by atoms with Crippen molar-refractivity contribution in [2.75, 3.05) is 5.32 Å². The van der Waals surface area contributed by atoms with E-state index < -0.39 is 0 Å². The number of halogens is 1. The minimum absolute atomic E-state index is 0.170. The summed E-state index contributed by atoms with van der Waals surface area (Å²) in [4.78, 5) is 16.1. The number of hydrogen-bond donors (Lipinski definition) is 2. The third-order valence-electron chi connectivity index (χ3n) is 2.86. The fraction of sp³-hybridized carbons (Fsp3) is 0. The molecule has 0 saturated heterocycles. The van der Waals surface area contributed by atoms with Gasteiger partial charge in [0, 0.05) is 11.1 Å². The summed E-state index contributed by atoms with van der Waals surface area (Å²) in [6.07, 6.45) is 0. The van der Waals surface area contributed by atoms with Crippen LogP contribution in [0.3, 0.4) is 0 Å². The molecule has 3 aromatic rings. The Morgan fingerprint density at radius 2 is 1.76 bits per heavy atom. The Bertz CT molecular complexity index is 753. The molecule has 104 valence electrons. The summed E-state index contributed by atoms with van der Waals surface area (Å²) in [5.41, 5.74) is 1.20. The number of carbonyl (C=O) groups is 1. The predicted octanol–water partition coefficient (Wildman–Crippen LogP) is 2.86. The van der Waals surface area contributed by atoms with Gasteiger partial charge in [0.25, 0.3) is 5.91 Å². The van der Waals surface area contributed by atoms with Crippen molar-refractivity contribution in [2.45, 2.75) is 0 Å². The smallest absolute Gasteiger partial charge is 0.258 e. The fourth-order valence-electron chi connectivity index (χ4n) is 1.82. The molecular formula is C15H11FN4O. The molecule has 0 aliphatic rings. The monoisotopic (exact) mass is 282 g/mol. The van der Waals surface area contributed by atoms with E-state index in [1.807, 2.05) is 6.07 Å². The van der Waals surface area contributed by atoms with Gasteiger partial charge in [-0.1, -0.05) is 18.2 Å². The van der Waals surface area contributed by atoms with Crippen molar-refractivity contribution in [2.24, 2.45) is 0 Å². The zero-order valence-electron chi connectivity index (χ0n) is 10.9. The Morgan fingerprint density at radius 3 is 2.48 bits per heavy atom. The number of amides is 1. The van der Waals surface area contributed by atoms with Crippen molar-refractivity contribution in [1.82, 2.24) is 15.2 Å². The van der Waals surface area contributed by atoms with Gasteiger partial charge in [0.05, 0.1) is 0 Å². The highest BCUT2D eigenvalue weighted by Crippen LogP contribution is 2.16. The van der Waals surface area contributed by atoms with E-state index in [-0.39, 0.29) is 17.7 Å². The molecule has 21 heavy (non-hydrogen) atoms. The average molecular weight is 282 g/mol. The molecule has 3 rings (SSSR count). The van der Waals surface area contributed by atoms with Crippen LogP contribution in [-0.2, 0) is 0 Å². The number of hydrogen-bond acceptors (Lipinski definition) is 3. The van der Waals surface area contributed by atoms with Crippen LogP contribution in [0.2, 0.25) is 0 Å². The molecule has 2 N–H and O–H groups in total. The van der Waals surface area contributed by atoms with E-state index in [0.717, 1.165) is 0 Å². The van der Waals surface area contributed by atoms with Crippen LogP contribution >= 0.6 is 0 Å². The molecule has 0 fully saturated rings. The van der Waals surface area contributed by atoms with E-state index in [1.165, 1.54) is 12.1 Å². The van der Waals surface area contributed by atoms with Gasteiger partial charge < -0.3 is 0 Å². The molecular weight excluding hydrogens is 271 g/mol. The van der Waals surface area contributed by atoms with Crippen molar-refractivity contribution in [3.63, 3.8) is 0 Å². The van der Waals surface area contributed by atoms with Crippen LogP contribution in [0, 0.1) is 5.82 Å². The first-order valence-electron chi connectivity index (χ1n) is 6.27. The first kappa shape index (κ1) is 13.0. The van der Waals surface area contributed by atoms with Crippen molar-refractivity contribution in [3.8, 4) is 11.4 Å². The highest BCUT2D eigenvalue weighted by atomic mass is 19.1. The molecule has 0 unspecified atom stereocenters. The summed E-state index contributed by atoms with van der Waals surface area (Å²) in [7, 11) is 0. The Morgan fingerprint density at radius 1 is 1.05 bits per heavy atom. The summed E-state index contributed by atoms with van der Waals surface area (Å²) in [5, 5.41) is 9.21. The molecule has 1 heterocycles. The Kier molecular flexibility index (Phi) is 3.42. The minimum atomic E-state index is -0.323. The van der Waals surface area contributed by atoms with Crippen molar-refractivity contribution >= 4 is 11.9 Å². The molecule has 6 heteroatoms. The van der Waals surface area contributed by atoms with E-state index in [2.05, 4.69) is 20.5 Å². The van der Waals surface area contributed by atoms with Crippen molar-refractivity contribution < 1.29 is 9.18 Å². The van der Waals surface area contributed by atoms with Crippen LogP contribution in [0.25, 0.3) is 11.4 Å². The molecule has 0 aliphatic carbocycles. The van der Waals surface area contributed by atoms with Crippen molar-refractivity contribution in [1.29, 1.82) is 0 Å². The fourth-order valence-corrected chi connectivity index (χ4v) is 1.82. The second-order valence-electron chi connectivity index (χ2n) is 4.33. The van der Waals surface area contributed by atoms with Crippen LogP contribution in [0.4, 0.5) is 10.3 Å². The van der Waals surface area contributed by atoms with Gasteiger partial charge in [0.1, 0.15) is 5.82 Å². The molecule has 0 aliphatic heterocycles. The maximum Gasteiger partial charge on any atom is 0.258 e. The van der Waals surface area contributed by atoms with Gasteiger partial charge in [-0.25, -0.2) is 4.39 Å². The van der Waals surface area contributed by atoms with Gasteiger partial charge in [0.15, 0.2) is 5.82 Å². The standard InChI is InChI=1S/C15H11FN4O/c16-12-8-6-10(7-9-12)13-17-15(20-19-13)18-14(21)11-4-2-1-3-5-11/h1-9H,(H2,17,18,19,20,21). The largest absolute Gasteiger partial charge is 0.289 e. The van der Waals surface area contributed by atoms with E-state index >= 15 is 0 Å². The second-order valence-corrected chi connectivity index (χ2v) is 4.33. The molecule has 0 atom stereocenters. The molecule has 0 radical (unpaired) electrons. The van der Waals surface area contributed by atoms with Gasteiger partial charge in [-0.05, 0) is 36.4 Å². The lowest BCUT2D eigenvalue weighted by atomic mass is 10.2. The molecule has 1 aromatic heterocycles. The van der Waals surface area contributed by atoms with Crippen LogP contribution < -0.4 is 5.32 Å². The number of benzene rings is 2. The van der Waals surface area contributed by atoms with E-state index in [0.29, 0.717) is 17.0 Å². The van der Waals surface area contributed by atoms with E-state index in [1.54, 1.807) is 36.4 Å². The average Bonchev–Trinajstić information content (AvgIpc) is 2.97. The zero-order chi connectivity index (χ0) is 14.7. The Hall–Kier alpha value is -3.02. The molecule has 0 spiro atoms. The lowest BCUT2D eigenvalue weighted by Crippen LogP contribution is -2.12. The van der Waals surface area contributed by atoms with E-state index in [4.69, 9.17) is 0 Å². The number of anilines is 1. The molecule has 2 aromatic carbocycles. The first-order valence-corrected chi connectivity index (χ1v) is 6.27. The number of H-pyrrole nitrogens is 1. The number of aromatic nitrogens is 3. The highest BCUT2D eigenvalue weighted by Gasteiger charge is 2.10. The SMILES string of the molecule is O=C(Nc1n[nH]c(-c2ccc(F)cc2)n1)c1ccccc1. The molecule has 0 saturated carbocycles. The Balaban J connectivity index is 1.76. The molecule has 0 bridgehead atoms. The predicted molar refractivity (Wildman–Crippen MR) is 76.2 cm³/mol. The van der Waals surface area contributed by atoms with Crippen LogP contribution in [0.1, 0.15) is 10.4 Å². The maximum absolute atomic E-state index is 12.9. The van der Waals surface area contributed by atoms with Crippen LogP contribution in [-0.4, -0.2) is 21.1 Å². The molecule has 5 nitrogen and oxygen atoms in total. The number of carbonyl (C=O) groups excluding carboxylic acids is 1. The normalized spacial score (nSPS) is 10.3. The third kappa shape index (κ3) is 2.94. The lowest BCUT2D eigenvalue weighted by Gasteiger charge is -1.99.